The smallest absolute Gasteiger partial charge is 0.319 e. The zero-order valence-electron chi connectivity index (χ0n) is 8.44. The molecule has 0 unspecified atom stereocenters. The van der Waals surface area contributed by atoms with Crippen molar-refractivity contribution < 1.29 is 9.90 Å². The number of carboxylic acids is 1. The van der Waals surface area contributed by atoms with Gasteiger partial charge in [-0.1, -0.05) is 17.8 Å². The Hall–Kier alpha value is -1.03. The lowest BCUT2D eigenvalue weighted by Crippen LogP contribution is -2.27. The number of rotatable bonds is 3. The number of hydrogen-bond donors (Lipinski definition) is 1. The molecule has 0 aliphatic rings. The fraction of sp³-hybridized carbons (Fsp3) is 0.400. The molecule has 0 radical (unpaired) electrons. The molecule has 4 heteroatoms. The number of pyridine rings is 1. The first-order valence-electron chi connectivity index (χ1n) is 4.27. The molecule has 1 aromatic rings. The summed E-state index contributed by atoms with van der Waals surface area (Å²) >= 11 is 1.25. The van der Waals surface area contributed by atoms with Crippen LogP contribution in [-0.2, 0) is 4.79 Å². The Morgan fingerprint density at radius 3 is 2.57 bits per heavy atom. The van der Waals surface area contributed by atoms with E-state index in [1.807, 2.05) is 19.1 Å². The van der Waals surface area contributed by atoms with Gasteiger partial charge >= 0.3 is 5.97 Å². The van der Waals surface area contributed by atoms with Crippen molar-refractivity contribution in [3.63, 3.8) is 0 Å². The van der Waals surface area contributed by atoms with E-state index in [0.717, 1.165) is 10.6 Å². The average Bonchev–Trinajstić information content (AvgIpc) is 2.08. The summed E-state index contributed by atoms with van der Waals surface area (Å²) in [6.45, 7) is 5.28. The molecule has 0 saturated carbocycles. The molecular formula is C10H13NO2S. The first-order chi connectivity index (χ1) is 6.42. The van der Waals surface area contributed by atoms with E-state index in [9.17, 15) is 4.79 Å². The van der Waals surface area contributed by atoms with Crippen molar-refractivity contribution >= 4 is 17.7 Å². The standard InChI is InChI=1S/C10H13NO2S/c1-7-4-5-8(11-6-7)14-10(2,3)9(12)13/h4-6H,1-3H3,(H,12,13). The average molecular weight is 211 g/mol. The summed E-state index contributed by atoms with van der Waals surface area (Å²) in [4.78, 5) is 15.0. The van der Waals surface area contributed by atoms with Crippen LogP contribution in [0.2, 0.25) is 0 Å². The summed E-state index contributed by atoms with van der Waals surface area (Å²) in [5.41, 5.74) is 1.07. The van der Waals surface area contributed by atoms with Gasteiger partial charge in [0.2, 0.25) is 0 Å². The Bertz CT molecular complexity index is 332. The number of aliphatic carboxylic acids is 1. The third kappa shape index (κ3) is 2.73. The van der Waals surface area contributed by atoms with E-state index in [4.69, 9.17) is 5.11 Å². The van der Waals surface area contributed by atoms with Crippen LogP contribution in [0.5, 0.6) is 0 Å². The molecule has 76 valence electrons. The summed E-state index contributed by atoms with van der Waals surface area (Å²) in [5.74, 6) is -0.829. The van der Waals surface area contributed by atoms with Crippen LogP contribution in [0.1, 0.15) is 19.4 Å². The van der Waals surface area contributed by atoms with Gasteiger partial charge in [0.05, 0.1) is 5.03 Å². The molecule has 0 aliphatic heterocycles. The van der Waals surface area contributed by atoms with E-state index in [0.29, 0.717) is 0 Å². The predicted molar refractivity (Wildman–Crippen MR) is 56.5 cm³/mol. The lowest BCUT2D eigenvalue weighted by Gasteiger charge is -2.17. The first-order valence-corrected chi connectivity index (χ1v) is 5.08. The van der Waals surface area contributed by atoms with Crippen molar-refractivity contribution in [3.05, 3.63) is 23.9 Å². The van der Waals surface area contributed by atoms with Crippen LogP contribution >= 0.6 is 11.8 Å². The van der Waals surface area contributed by atoms with Gasteiger partial charge in [-0.2, -0.15) is 0 Å². The van der Waals surface area contributed by atoms with Gasteiger partial charge in [0, 0.05) is 6.20 Å². The molecular weight excluding hydrogens is 198 g/mol. The highest BCUT2D eigenvalue weighted by molar-refractivity contribution is 8.01. The fourth-order valence-electron chi connectivity index (χ4n) is 0.820. The molecule has 0 aromatic carbocycles. The summed E-state index contributed by atoms with van der Waals surface area (Å²) in [6, 6.07) is 3.76. The highest BCUT2D eigenvalue weighted by atomic mass is 32.2. The summed E-state index contributed by atoms with van der Waals surface area (Å²) < 4.78 is -0.831. The van der Waals surface area contributed by atoms with Gasteiger partial charge in [-0.25, -0.2) is 4.98 Å². The van der Waals surface area contributed by atoms with Crippen molar-refractivity contribution in [2.45, 2.75) is 30.5 Å². The minimum atomic E-state index is -0.831. The molecule has 0 bridgehead atoms. The quantitative estimate of drug-likeness (QED) is 0.780. The van der Waals surface area contributed by atoms with Crippen LogP contribution in [0.15, 0.2) is 23.4 Å². The van der Waals surface area contributed by atoms with Gasteiger partial charge < -0.3 is 5.11 Å². The molecule has 0 aliphatic carbocycles. The number of carbonyl (C=O) groups is 1. The van der Waals surface area contributed by atoms with E-state index in [1.54, 1.807) is 20.0 Å². The minimum absolute atomic E-state index is 0.739. The van der Waals surface area contributed by atoms with Crippen LogP contribution < -0.4 is 0 Å². The van der Waals surface area contributed by atoms with Crippen molar-refractivity contribution in [3.8, 4) is 0 Å². The van der Waals surface area contributed by atoms with Crippen LogP contribution in [0.4, 0.5) is 0 Å². The lowest BCUT2D eigenvalue weighted by atomic mass is 10.2. The molecule has 3 nitrogen and oxygen atoms in total. The maximum absolute atomic E-state index is 10.8. The first kappa shape index (κ1) is 11.0. The van der Waals surface area contributed by atoms with Crippen LogP contribution in [0.25, 0.3) is 0 Å². The topological polar surface area (TPSA) is 50.2 Å². The minimum Gasteiger partial charge on any atom is -0.480 e. The zero-order valence-corrected chi connectivity index (χ0v) is 9.26. The Kier molecular flexibility index (Phi) is 3.16. The maximum Gasteiger partial charge on any atom is 0.319 e. The largest absolute Gasteiger partial charge is 0.480 e. The summed E-state index contributed by atoms with van der Waals surface area (Å²) in [5, 5.41) is 9.65. The van der Waals surface area contributed by atoms with E-state index >= 15 is 0 Å². The molecule has 0 atom stereocenters. The second-order valence-corrected chi connectivity index (χ2v) is 5.23. The molecule has 1 heterocycles. The molecule has 0 saturated heterocycles. The predicted octanol–water partition coefficient (Wildman–Crippen LogP) is 2.35. The van der Waals surface area contributed by atoms with Gasteiger partial charge in [-0.15, -0.1) is 0 Å². The number of hydrogen-bond acceptors (Lipinski definition) is 3. The van der Waals surface area contributed by atoms with Crippen molar-refractivity contribution in [1.82, 2.24) is 4.98 Å². The monoisotopic (exact) mass is 211 g/mol. The fourth-order valence-corrected chi connectivity index (χ4v) is 1.67. The second kappa shape index (κ2) is 4.00. The maximum atomic E-state index is 10.8. The van der Waals surface area contributed by atoms with Crippen LogP contribution in [-0.4, -0.2) is 20.8 Å². The SMILES string of the molecule is Cc1ccc(SC(C)(C)C(=O)O)nc1. The van der Waals surface area contributed by atoms with Gasteiger partial charge in [-0.05, 0) is 32.4 Å². The van der Waals surface area contributed by atoms with E-state index in [2.05, 4.69) is 4.98 Å². The zero-order chi connectivity index (χ0) is 10.8. The number of carboxylic acid groups (broad SMARTS) is 1. The lowest BCUT2D eigenvalue weighted by molar-refractivity contribution is -0.138. The van der Waals surface area contributed by atoms with Crippen molar-refractivity contribution in [1.29, 1.82) is 0 Å². The van der Waals surface area contributed by atoms with Crippen LogP contribution in [0.3, 0.4) is 0 Å². The normalized spacial score (nSPS) is 11.4. The Morgan fingerprint density at radius 1 is 1.50 bits per heavy atom. The Labute approximate surface area is 87.6 Å². The Morgan fingerprint density at radius 2 is 2.14 bits per heavy atom. The van der Waals surface area contributed by atoms with Crippen molar-refractivity contribution in [2.75, 3.05) is 0 Å². The van der Waals surface area contributed by atoms with Crippen molar-refractivity contribution in [2.24, 2.45) is 0 Å². The number of thioether (sulfide) groups is 1. The highest BCUT2D eigenvalue weighted by Gasteiger charge is 2.28. The number of aryl methyl sites for hydroxylation is 1. The van der Waals surface area contributed by atoms with E-state index < -0.39 is 10.7 Å². The molecule has 1 rings (SSSR count). The number of nitrogens with zero attached hydrogens (tertiary/aromatic N) is 1. The molecule has 0 amide bonds. The molecule has 1 N–H and O–H groups in total. The van der Waals surface area contributed by atoms with Gasteiger partial charge in [-0.3, -0.25) is 4.79 Å². The second-order valence-electron chi connectivity index (χ2n) is 3.59. The van der Waals surface area contributed by atoms with Gasteiger partial charge in [0.25, 0.3) is 0 Å². The molecule has 0 spiro atoms. The third-order valence-corrected chi connectivity index (χ3v) is 2.89. The highest BCUT2D eigenvalue weighted by Crippen LogP contribution is 2.30. The van der Waals surface area contributed by atoms with E-state index in [1.165, 1.54) is 11.8 Å². The third-order valence-electron chi connectivity index (χ3n) is 1.76. The number of aromatic nitrogens is 1. The van der Waals surface area contributed by atoms with Gasteiger partial charge in [0.1, 0.15) is 4.75 Å². The summed E-state index contributed by atoms with van der Waals surface area (Å²) in [6.07, 6.45) is 1.74. The molecule has 14 heavy (non-hydrogen) atoms. The molecule has 1 aromatic heterocycles. The van der Waals surface area contributed by atoms with Gasteiger partial charge in [0.15, 0.2) is 0 Å². The van der Waals surface area contributed by atoms with Crippen LogP contribution in [0, 0.1) is 6.92 Å². The van der Waals surface area contributed by atoms with E-state index in [-0.39, 0.29) is 0 Å². The Balaban J connectivity index is 2.79. The summed E-state index contributed by atoms with van der Waals surface area (Å²) in [7, 11) is 0. The molecule has 0 fully saturated rings.